The second-order valence-corrected chi connectivity index (χ2v) is 6.22. The molecule has 1 rings (SSSR count). The second-order valence-electron chi connectivity index (χ2n) is 5.06. The molecule has 0 aliphatic carbocycles. The smallest absolute Gasteiger partial charge is 0.191 e. The van der Waals surface area contributed by atoms with Crippen molar-refractivity contribution in [3.63, 3.8) is 0 Å². The molecule has 1 aromatic rings. The molecule has 0 saturated heterocycles. The highest BCUT2D eigenvalue weighted by molar-refractivity contribution is 7.99. The normalized spacial score (nSPS) is 11.7. The van der Waals surface area contributed by atoms with Crippen LogP contribution in [0, 0.1) is 5.92 Å². The minimum atomic E-state index is 0.581. The molecule has 0 bridgehead atoms. The summed E-state index contributed by atoms with van der Waals surface area (Å²) in [6.45, 7) is 7.47. The molecule has 1 aromatic carbocycles. The minimum Gasteiger partial charge on any atom is -0.379 e. The predicted octanol–water partition coefficient (Wildman–Crippen LogP) is 2.62. The minimum absolute atomic E-state index is 0.581. The lowest BCUT2D eigenvalue weighted by atomic mass is 10.2. The van der Waals surface area contributed by atoms with Crippen LogP contribution in [0.25, 0.3) is 0 Å². The average molecular weight is 309 g/mol. The summed E-state index contributed by atoms with van der Waals surface area (Å²) in [5.74, 6) is 2.42. The summed E-state index contributed by atoms with van der Waals surface area (Å²) in [7, 11) is 1.79. The van der Waals surface area contributed by atoms with E-state index in [2.05, 4.69) is 53.7 Å². The third-order valence-electron chi connectivity index (χ3n) is 2.62. The zero-order valence-electron chi connectivity index (χ0n) is 13.3. The van der Waals surface area contributed by atoms with E-state index in [1.807, 2.05) is 17.8 Å². The van der Waals surface area contributed by atoms with E-state index in [1.54, 1.807) is 7.05 Å². The molecule has 0 fully saturated rings. The van der Waals surface area contributed by atoms with Crippen LogP contribution in [0.4, 0.5) is 0 Å². The molecule has 118 valence electrons. The van der Waals surface area contributed by atoms with E-state index in [0.29, 0.717) is 12.5 Å². The Balaban J connectivity index is 2.06. The van der Waals surface area contributed by atoms with Gasteiger partial charge >= 0.3 is 0 Å². The highest BCUT2D eigenvalue weighted by Gasteiger charge is 1.98. The van der Waals surface area contributed by atoms with E-state index in [9.17, 15) is 0 Å². The Morgan fingerprint density at radius 3 is 2.57 bits per heavy atom. The maximum Gasteiger partial charge on any atom is 0.191 e. The SMILES string of the molecule is CN=C(NCCOCC(C)C)NCCSc1ccccc1. The Labute approximate surface area is 132 Å². The first-order valence-electron chi connectivity index (χ1n) is 7.42. The number of hydrogen-bond acceptors (Lipinski definition) is 3. The number of aliphatic imine (C=N–C) groups is 1. The zero-order chi connectivity index (χ0) is 15.3. The van der Waals surface area contributed by atoms with Crippen LogP contribution in [-0.4, -0.2) is 45.1 Å². The van der Waals surface area contributed by atoms with Gasteiger partial charge in [0.2, 0.25) is 0 Å². The third kappa shape index (κ3) is 9.37. The van der Waals surface area contributed by atoms with Crippen LogP contribution in [0.15, 0.2) is 40.2 Å². The molecule has 0 amide bonds. The van der Waals surface area contributed by atoms with Crippen molar-refractivity contribution < 1.29 is 4.74 Å². The molecular formula is C16H27N3OS. The van der Waals surface area contributed by atoms with Gasteiger partial charge in [0.1, 0.15) is 0 Å². The fraction of sp³-hybridized carbons (Fsp3) is 0.562. The van der Waals surface area contributed by atoms with Gasteiger partial charge in [-0.25, -0.2) is 0 Å². The largest absolute Gasteiger partial charge is 0.379 e. The first-order valence-corrected chi connectivity index (χ1v) is 8.41. The topological polar surface area (TPSA) is 45.7 Å². The van der Waals surface area contributed by atoms with Gasteiger partial charge in [-0.3, -0.25) is 4.99 Å². The summed E-state index contributed by atoms with van der Waals surface area (Å²) in [4.78, 5) is 5.49. The first kappa shape index (κ1) is 17.9. The average Bonchev–Trinajstić information content (AvgIpc) is 2.49. The van der Waals surface area contributed by atoms with Crippen LogP contribution in [0.5, 0.6) is 0 Å². The monoisotopic (exact) mass is 309 g/mol. The Morgan fingerprint density at radius 2 is 1.90 bits per heavy atom. The van der Waals surface area contributed by atoms with Gasteiger partial charge in [0, 0.05) is 37.4 Å². The molecule has 4 nitrogen and oxygen atoms in total. The molecule has 0 saturated carbocycles. The fourth-order valence-corrected chi connectivity index (χ4v) is 2.43. The molecule has 21 heavy (non-hydrogen) atoms. The molecular weight excluding hydrogens is 282 g/mol. The number of nitrogens with zero attached hydrogens (tertiary/aromatic N) is 1. The van der Waals surface area contributed by atoms with Crippen LogP contribution < -0.4 is 10.6 Å². The molecule has 5 heteroatoms. The third-order valence-corrected chi connectivity index (χ3v) is 3.63. The standard InChI is InChI=1S/C16H27N3OS/c1-14(2)13-20-11-9-18-16(17-3)19-10-12-21-15-7-5-4-6-8-15/h4-8,14H,9-13H2,1-3H3,(H2,17,18,19). The van der Waals surface area contributed by atoms with E-state index in [4.69, 9.17) is 4.74 Å². The van der Waals surface area contributed by atoms with Crippen LogP contribution in [0.3, 0.4) is 0 Å². The van der Waals surface area contributed by atoms with Crippen molar-refractivity contribution in [2.45, 2.75) is 18.7 Å². The van der Waals surface area contributed by atoms with Crippen molar-refractivity contribution in [1.82, 2.24) is 10.6 Å². The molecule has 0 radical (unpaired) electrons. The molecule has 0 aliphatic heterocycles. The van der Waals surface area contributed by atoms with Gasteiger partial charge in [0.05, 0.1) is 6.61 Å². The van der Waals surface area contributed by atoms with Crippen molar-refractivity contribution in [3.8, 4) is 0 Å². The Kier molecular flexibility index (Phi) is 9.74. The van der Waals surface area contributed by atoms with Crippen molar-refractivity contribution in [2.75, 3.05) is 39.1 Å². The second kappa shape index (κ2) is 11.5. The molecule has 0 aromatic heterocycles. The van der Waals surface area contributed by atoms with Gasteiger partial charge in [0.15, 0.2) is 5.96 Å². The first-order chi connectivity index (χ1) is 10.2. The van der Waals surface area contributed by atoms with Crippen LogP contribution >= 0.6 is 11.8 Å². The van der Waals surface area contributed by atoms with Crippen LogP contribution in [0.1, 0.15) is 13.8 Å². The molecule has 2 N–H and O–H groups in total. The number of thioether (sulfide) groups is 1. The molecule has 0 atom stereocenters. The lowest BCUT2D eigenvalue weighted by Gasteiger charge is -2.12. The number of ether oxygens (including phenoxy) is 1. The van der Waals surface area contributed by atoms with Gasteiger partial charge < -0.3 is 15.4 Å². The fourth-order valence-electron chi connectivity index (χ4n) is 1.64. The zero-order valence-corrected chi connectivity index (χ0v) is 14.1. The predicted molar refractivity (Wildman–Crippen MR) is 92.2 cm³/mol. The van der Waals surface area contributed by atoms with E-state index in [1.165, 1.54) is 4.90 Å². The highest BCUT2D eigenvalue weighted by Crippen LogP contribution is 2.15. The maximum absolute atomic E-state index is 5.52. The summed E-state index contributed by atoms with van der Waals surface area (Å²) >= 11 is 1.84. The van der Waals surface area contributed by atoms with Crippen molar-refractivity contribution in [3.05, 3.63) is 30.3 Å². The van der Waals surface area contributed by atoms with Gasteiger partial charge in [-0.05, 0) is 18.1 Å². The molecule has 0 unspecified atom stereocenters. The van der Waals surface area contributed by atoms with Crippen molar-refractivity contribution in [1.29, 1.82) is 0 Å². The summed E-state index contributed by atoms with van der Waals surface area (Å²) < 4.78 is 5.52. The highest BCUT2D eigenvalue weighted by atomic mass is 32.2. The number of hydrogen-bond donors (Lipinski definition) is 2. The van der Waals surface area contributed by atoms with Gasteiger partial charge in [-0.2, -0.15) is 0 Å². The molecule has 0 aliphatic rings. The number of nitrogens with one attached hydrogen (secondary N) is 2. The summed E-state index contributed by atoms with van der Waals surface area (Å²) in [5.41, 5.74) is 0. The number of benzene rings is 1. The van der Waals surface area contributed by atoms with E-state index < -0.39 is 0 Å². The van der Waals surface area contributed by atoms with Gasteiger partial charge in [0.25, 0.3) is 0 Å². The quantitative estimate of drug-likeness (QED) is 0.319. The van der Waals surface area contributed by atoms with Crippen LogP contribution in [0.2, 0.25) is 0 Å². The lowest BCUT2D eigenvalue weighted by molar-refractivity contribution is 0.114. The van der Waals surface area contributed by atoms with Crippen molar-refractivity contribution in [2.24, 2.45) is 10.9 Å². The summed E-state index contributed by atoms with van der Waals surface area (Å²) in [5, 5.41) is 6.55. The maximum atomic E-state index is 5.52. The van der Waals surface area contributed by atoms with Crippen molar-refractivity contribution >= 4 is 17.7 Å². The van der Waals surface area contributed by atoms with E-state index in [0.717, 1.165) is 31.4 Å². The Morgan fingerprint density at radius 1 is 1.19 bits per heavy atom. The Hall–Kier alpha value is -1.20. The number of guanidine groups is 1. The van der Waals surface area contributed by atoms with E-state index >= 15 is 0 Å². The number of rotatable bonds is 9. The Bertz CT molecular complexity index is 396. The summed E-state index contributed by atoms with van der Waals surface area (Å²) in [6, 6.07) is 10.4. The van der Waals surface area contributed by atoms with Gasteiger partial charge in [-0.15, -0.1) is 11.8 Å². The van der Waals surface area contributed by atoms with Crippen LogP contribution in [-0.2, 0) is 4.74 Å². The van der Waals surface area contributed by atoms with E-state index in [-0.39, 0.29) is 0 Å². The molecule has 0 spiro atoms. The lowest BCUT2D eigenvalue weighted by Crippen LogP contribution is -2.40. The van der Waals surface area contributed by atoms with Gasteiger partial charge in [-0.1, -0.05) is 32.0 Å². The summed E-state index contributed by atoms with van der Waals surface area (Å²) in [6.07, 6.45) is 0. The molecule has 0 heterocycles.